The van der Waals surface area contributed by atoms with Crippen LogP contribution >= 0.6 is 11.3 Å². The molecular weight excluding hydrogens is 216 g/mol. The van der Waals surface area contributed by atoms with Crippen molar-refractivity contribution in [2.75, 3.05) is 0 Å². The molecule has 0 radical (unpaired) electrons. The molecule has 2 atom stereocenters. The predicted octanol–water partition coefficient (Wildman–Crippen LogP) is 3.68. The molecule has 1 aromatic rings. The Labute approximate surface area is 102 Å². The predicted molar refractivity (Wildman–Crippen MR) is 69.8 cm³/mol. The van der Waals surface area contributed by atoms with Crippen LogP contribution in [0.3, 0.4) is 0 Å². The monoisotopic (exact) mass is 238 g/mol. The SMILES string of the molecule is Cc1ncsc1C(C)NC1CCC(C)(C)C1. The van der Waals surface area contributed by atoms with Crippen LogP contribution in [0, 0.1) is 12.3 Å². The van der Waals surface area contributed by atoms with Crippen LogP contribution in [-0.2, 0) is 0 Å². The van der Waals surface area contributed by atoms with E-state index in [-0.39, 0.29) is 0 Å². The van der Waals surface area contributed by atoms with Crippen molar-refractivity contribution >= 4 is 11.3 Å². The van der Waals surface area contributed by atoms with E-state index in [2.05, 4.69) is 38.0 Å². The van der Waals surface area contributed by atoms with E-state index in [0.717, 1.165) is 0 Å². The molecule has 0 bridgehead atoms. The Morgan fingerprint density at radius 2 is 2.31 bits per heavy atom. The topological polar surface area (TPSA) is 24.9 Å². The van der Waals surface area contributed by atoms with Gasteiger partial charge in [0.15, 0.2) is 0 Å². The van der Waals surface area contributed by atoms with Crippen LogP contribution in [0.5, 0.6) is 0 Å². The van der Waals surface area contributed by atoms with Crippen molar-refractivity contribution in [2.24, 2.45) is 5.41 Å². The van der Waals surface area contributed by atoms with E-state index in [1.165, 1.54) is 29.8 Å². The molecule has 0 aromatic carbocycles. The van der Waals surface area contributed by atoms with Gasteiger partial charge in [-0.3, -0.25) is 0 Å². The summed E-state index contributed by atoms with van der Waals surface area (Å²) in [6.45, 7) is 9.10. The van der Waals surface area contributed by atoms with E-state index < -0.39 is 0 Å². The Morgan fingerprint density at radius 3 is 2.81 bits per heavy atom. The second-order valence-corrected chi connectivity index (χ2v) is 6.68. The Kier molecular flexibility index (Phi) is 3.36. The van der Waals surface area contributed by atoms with Crippen LogP contribution in [-0.4, -0.2) is 11.0 Å². The van der Waals surface area contributed by atoms with E-state index in [0.29, 0.717) is 17.5 Å². The van der Waals surface area contributed by atoms with Gasteiger partial charge in [-0.25, -0.2) is 4.98 Å². The Bertz CT molecular complexity index is 357. The van der Waals surface area contributed by atoms with Gasteiger partial charge in [-0.2, -0.15) is 0 Å². The first-order valence-electron chi connectivity index (χ1n) is 6.14. The normalized spacial score (nSPS) is 25.9. The summed E-state index contributed by atoms with van der Waals surface area (Å²) < 4.78 is 0. The van der Waals surface area contributed by atoms with E-state index in [9.17, 15) is 0 Å². The van der Waals surface area contributed by atoms with Crippen molar-refractivity contribution < 1.29 is 0 Å². The highest BCUT2D eigenvalue weighted by atomic mass is 32.1. The quantitative estimate of drug-likeness (QED) is 0.869. The van der Waals surface area contributed by atoms with E-state index >= 15 is 0 Å². The van der Waals surface area contributed by atoms with E-state index in [4.69, 9.17) is 0 Å². The highest BCUT2D eigenvalue weighted by molar-refractivity contribution is 7.09. The van der Waals surface area contributed by atoms with Crippen molar-refractivity contribution in [3.05, 3.63) is 16.1 Å². The fourth-order valence-corrected chi connectivity index (χ4v) is 3.55. The van der Waals surface area contributed by atoms with Crippen molar-refractivity contribution in [2.45, 2.75) is 59.0 Å². The highest BCUT2D eigenvalue weighted by Gasteiger charge is 2.31. The summed E-state index contributed by atoms with van der Waals surface area (Å²) in [5.41, 5.74) is 3.66. The maximum Gasteiger partial charge on any atom is 0.0798 e. The molecule has 1 N–H and O–H groups in total. The number of aryl methyl sites for hydroxylation is 1. The van der Waals surface area contributed by atoms with Gasteiger partial charge >= 0.3 is 0 Å². The highest BCUT2D eigenvalue weighted by Crippen LogP contribution is 2.38. The summed E-state index contributed by atoms with van der Waals surface area (Å²) in [6.07, 6.45) is 3.96. The third-order valence-corrected chi connectivity index (χ3v) is 4.74. The van der Waals surface area contributed by atoms with Crippen LogP contribution < -0.4 is 5.32 Å². The molecule has 3 heteroatoms. The van der Waals surface area contributed by atoms with E-state index in [1.807, 2.05) is 5.51 Å². The third-order valence-electron chi connectivity index (χ3n) is 3.63. The van der Waals surface area contributed by atoms with Crippen LogP contribution in [0.1, 0.15) is 56.6 Å². The second-order valence-electron chi connectivity index (χ2n) is 5.79. The largest absolute Gasteiger partial charge is 0.307 e. The third kappa shape index (κ3) is 2.64. The van der Waals surface area contributed by atoms with Crippen molar-refractivity contribution in [1.29, 1.82) is 0 Å². The summed E-state index contributed by atoms with van der Waals surface area (Å²) in [5, 5.41) is 3.75. The zero-order valence-corrected chi connectivity index (χ0v) is 11.5. The molecule has 0 amide bonds. The number of hydrogen-bond donors (Lipinski definition) is 1. The number of nitrogens with one attached hydrogen (secondary N) is 1. The molecule has 0 saturated heterocycles. The molecule has 1 saturated carbocycles. The summed E-state index contributed by atoms with van der Waals surface area (Å²) in [4.78, 5) is 5.71. The van der Waals surface area contributed by atoms with Gasteiger partial charge in [0.25, 0.3) is 0 Å². The minimum Gasteiger partial charge on any atom is -0.307 e. The number of aromatic nitrogens is 1. The standard InChI is InChI=1S/C13H22N2S/c1-9-12(16-8-14-9)10(2)15-11-5-6-13(3,4)7-11/h8,10-11,15H,5-7H2,1-4H3. The summed E-state index contributed by atoms with van der Waals surface area (Å²) in [5.74, 6) is 0. The molecule has 2 unspecified atom stereocenters. The second kappa shape index (κ2) is 4.46. The van der Waals surface area contributed by atoms with Crippen LogP contribution in [0.2, 0.25) is 0 Å². The summed E-state index contributed by atoms with van der Waals surface area (Å²) in [6, 6.07) is 1.14. The van der Waals surface area contributed by atoms with Gasteiger partial charge in [0.05, 0.1) is 11.2 Å². The van der Waals surface area contributed by atoms with Gasteiger partial charge in [-0.15, -0.1) is 11.3 Å². The first kappa shape index (κ1) is 12.1. The van der Waals surface area contributed by atoms with Gasteiger partial charge < -0.3 is 5.32 Å². The number of hydrogen-bond acceptors (Lipinski definition) is 3. The molecule has 2 rings (SSSR count). The Morgan fingerprint density at radius 1 is 1.56 bits per heavy atom. The van der Waals surface area contributed by atoms with Gasteiger partial charge in [0.2, 0.25) is 0 Å². The first-order valence-corrected chi connectivity index (χ1v) is 7.02. The minimum atomic E-state index is 0.450. The first-order chi connectivity index (χ1) is 7.48. The smallest absolute Gasteiger partial charge is 0.0798 e. The minimum absolute atomic E-state index is 0.450. The summed E-state index contributed by atoms with van der Waals surface area (Å²) >= 11 is 1.77. The number of nitrogens with zero attached hydrogens (tertiary/aromatic N) is 1. The molecule has 1 fully saturated rings. The van der Waals surface area contributed by atoms with Crippen LogP contribution in [0.25, 0.3) is 0 Å². The van der Waals surface area contributed by atoms with Gasteiger partial charge in [0.1, 0.15) is 0 Å². The van der Waals surface area contributed by atoms with Gasteiger partial charge in [0, 0.05) is 17.0 Å². The summed E-state index contributed by atoms with van der Waals surface area (Å²) in [7, 11) is 0. The molecule has 16 heavy (non-hydrogen) atoms. The van der Waals surface area contributed by atoms with Gasteiger partial charge in [-0.1, -0.05) is 13.8 Å². The molecule has 2 nitrogen and oxygen atoms in total. The van der Waals surface area contributed by atoms with Gasteiger partial charge in [-0.05, 0) is 38.5 Å². The lowest BCUT2D eigenvalue weighted by atomic mass is 9.92. The Balaban J connectivity index is 1.94. The molecule has 1 heterocycles. The molecule has 0 spiro atoms. The average Bonchev–Trinajstić information content (AvgIpc) is 2.72. The fraction of sp³-hybridized carbons (Fsp3) is 0.769. The lowest BCUT2D eigenvalue weighted by molar-refractivity contribution is 0.356. The molecular formula is C13H22N2S. The van der Waals surface area contributed by atoms with Crippen molar-refractivity contribution in [1.82, 2.24) is 10.3 Å². The van der Waals surface area contributed by atoms with E-state index in [1.54, 1.807) is 11.3 Å². The van der Waals surface area contributed by atoms with Crippen LogP contribution in [0.4, 0.5) is 0 Å². The zero-order valence-electron chi connectivity index (χ0n) is 10.7. The average molecular weight is 238 g/mol. The molecule has 90 valence electrons. The maximum absolute atomic E-state index is 4.32. The fourth-order valence-electron chi connectivity index (χ4n) is 2.73. The Hall–Kier alpha value is -0.410. The lowest BCUT2D eigenvalue weighted by Gasteiger charge is -2.21. The van der Waals surface area contributed by atoms with Crippen LogP contribution in [0.15, 0.2) is 5.51 Å². The molecule has 1 aliphatic rings. The number of thiazole rings is 1. The van der Waals surface area contributed by atoms with Crippen molar-refractivity contribution in [3.8, 4) is 0 Å². The number of rotatable bonds is 3. The molecule has 0 aliphatic heterocycles. The zero-order chi connectivity index (χ0) is 11.8. The molecule has 1 aromatic heterocycles. The molecule has 1 aliphatic carbocycles. The maximum atomic E-state index is 4.32. The lowest BCUT2D eigenvalue weighted by Crippen LogP contribution is -2.30. The van der Waals surface area contributed by atoms with Crippen molar-refractivity contribution in [3.63, 3.8) is 0 Å².